The summed E-state index contributed by atoms with van der Waals surface area (Å²) >= 11 is 0. The number of aromatic amines is 1. The molecule has 3 aliphatic rings. The fourth-order valence-corrected chi connectivity index (χ4v) is 6.83. The van der Waals surface area contributed by atoms with Crippen molar-refractivity contribution in [3.8, 4) is 0 Å². The summed E-state index contributed by atoms with van der Waals surface area (Å²) in [5.74, 6) is 1.82. The first-order valence-electron chi connectivity index (χ1n) is 19.0. The van der Waals surface area contributed by atoms with E-state index in [1.807, 2.05) is 20.8 Å². The summed E-state index contributed by atoms with van der Waals surface area (Å²) in [6, 6.07) is 7.57. The van der Waals surface area contributed by atoms with E-state index in [-0.39, 0.29) is 24.7 Å². The molecular formula is C39H66BFN4O5. The van der Waals surface area contributed by atoms with Crippen molar-refractivity contribution in [1.29, 1.82) is 0 Å². The maximum absolute atomic E-state index is 12.0. The lowest BCUT2D eigenvalue weighted by molar-refractivity contribution is -0.111. The third-order valence-electron chi connectivity index (χ3n) is 9.94. The second-order valence-corrected chi connectivity index (χ2v) is 13.2. The SMILES string of the molecule is CC.CC1C(C2CCCCC2)CCN1C.CCC(C=O)CCCC(N)CF.O=CNc1ccc2[nH]c(C(=O)OCC3CCCO3)cc2c1.[B]C. The van der Waals surface area contributed by atoms with Gasteiger partial charge in [0.15, 0.2) is 0 Å². The lowest BCUT2D eigenvalue weighted by Crippen LogP contribution is -2.30. The van der Waals surface area contributed by atoms with Gasteiger partial charge in [0, 0.05) is 41.2 Å². The Morgan fingerprint density at radius 1 is 1.12 bits per heavy atom. The molecule has 1 aliphatic carbocycles. The van der Waals surface area contributed by atoms with Gasteiger partial charge in [-0.2, -0.15) is 0 Å². The lowest BCUT2D eigenvalue weighted by atomic mass is 9.77. The Balaban J connectivity index is 0.000000376. The smallest absolute Gasteiger partial charge is 0.354 e. The van der Waals surface area contributed by atoms with Crippen LogP contribution in [0.3, 0.4) is 0 Å². The molecule has 1 aromatic heterocycles. The molecule has 0 bridgehead atoms. The van der Waals surface area contributed by atoms with Crippen LogP contribution in [0.2, 0.25) is 6.82 Å². The molecule has 2 aliphatic heterocycles. The number of ether oxygens (including phenoxy) is 2. The number of halogens is 1. The molecular weight excluding hydrogens is 634 g/mol. The molecule has 1 aromatic carbocycles. The summed E-state index contributed by atoms with van der Waals surface area (Å²) in [4.78, 5) is 38.4. The van der Waals surface area contributed by atoms with Crippen molar-refractivity contribution in [2.75, 3.05) is 38.8 Å². The Labute approximate surface area is 302 Å². The minimum Gasteiger partial charge on any atom is -0.458 e. The number of carbonyl (C=O) groups excluding carboxylic acids is 3. The molecule has 3 heterocycles. The summed E-state index contributed by atoms with van der Waals surface area (Å²) in [6.45, 7) is 11.8. The van der Waals surface area contributed by atoms with E-state index in [1.165, 1.54) is 51.9 Å². The van der Waals surface area contributed by atoms with Gasteiger partial charge < -0.3 is 35.2 Å². The normalized spacial score (nSPS) is 21.4. The molecule has 9 nitrogen and oxygen atoms in total. The van der Waals surface area contributed by atoms with Crippen LogP contribution in [0.4, 0.5) is 10.1 Å². The fourth-order valence-electron chi connectivity index (χ4n) is 6.83. The number of nitrogens with zero attached hydrogens (tertiary/aromatic N) is 1. The van der Waals surface area contributed by atoms with Crippen LogP contribution in [0.15, 0.2) is 24.3 Å². The number of alkyl halides is 1. The number of anilines is 1. The number of nitrogens with two attached hydrogens (primary N) is 1. The van der Waals surface area contributed by atoms with Crippen molar-refractivity contribution >= 4 is 43.1 Å². The zero-order chi connectivity index (χ0) is 37.3. The second kappa shape index (κ2) is 27.0. The van der Waals surface area contributed by atoms with E-state index in [9.17, 15) is 18.8 Å². The maximum Gasteiger partial charge on any atom is 0.354 e. The lowest BCUT2D eigenvalue weighted by Gasteiger charge is -2.31. The Hall–Kier alpha value is -2.76. The number of nitrogens with one attached hydrogen (secondary N) is 2. The number of H-pyrrole nitrogens is 1. The summed E-state index contributed by atoms with van der Waals surface area (Å²) in [7, 11) is 6.79. The number of esters is 1. The van der Waals surface area contributed by atoms with Crippen LogP contribution >= 0.6 is 0 Å². The van der Waals surface area contributed by atoms with Crippen LogP contribution in [-0.4, -0.2) is 88.1 Å². The summed E-state index contributed by atoms with van der Waals surface area (Å²) in [5.41, 5.74) is 7.27. The molecule has 0 spiro atoms. The van der Waals surface area contributed by atoms with Gasteiger partial charge in [-0.15, -0.1) is 0 Å². The van der Waals surface area contributed by atoms with E-state index >= 15 is 0 Å². The van der Waals surface area contributed by atoms with Gasteiger partial charge >= 0.3 is 5.97 Å². The third kappa shape index (κ3) is 16.1. The first-order chi connectivity index (χ1) is 24.3. The average molecular weight is 701 g/mol. The number of rotatable bonds is 13. The summed E-state index contributed by atoms with van der Waals surface area (Å²) < 4.78 is 22.5. The first kappa shape index (κ1) is 45.3. The van der Waals surface area contributed by atoms with Gasteiger partial charge in [-0.3, -0.25) is 4.79 Å². The molecule has 5 rings (SSSR count). The predicted molar refractivity (Wildman–Crippen MR) is 205 cm³/mol. The standard InChI is InChI=1S/C15H16N2O4.C12H23N.C9H18FNO.C2H6.CH3B/c18-9-16-11-3-4-13-10(6-11)7-14(17-13)15(19)21-8-12-2-1-5-20-12;1-10-12(8-9-13(10)2)11-6-4-3-5-7-11;1-2-8(7-12)4-3-5-9(11)6-10;2*1-2/h3-4,6-7,9,12,17H,1-2,5,8H2,(H,16,18);10-12H,3-9H2,1-2H3;7-9H,2-6,11H2,1H3;1-2H3;1H3. The van der Waals surface area contributed by atoms with Crippen molar-refractivity contribution in [1.82, 2.24) is 9.88 Å². The largest absolute Gasteiger partial charge is 0.458 e. The van der Waals surface area contributed by atoms with Crippen LogP contribution < -0.4 is 11.1 Å². The quantitative estimate of drug-likeness (QED) is 0.110. The zero-order valence-corrected chi connectivity index (χ0v) is 31.8. The van der Waals surface area contributed by atoms with Crippen LogP contribution in [0.25, 0.3) is 10.9 Å². The van der Waals surface area contributed by atoms with Crippen molar-refractivity contribution in [3.05, 3.63) is 30.0 Å². The molecule has 282 valence electrons. The molecule has 5 atom stereocenters. The Morgan fingerprint density at radius 2 is 1.84 bits per heavy atom. The maximum atomic E-state index is 12.0. The number of amides is 1. The highest BCUT2D eigenvalue weighted by atomic mass is 19.1. The number of carbonyl (C=O) groups is 3. The van der Waals surface area contributed by atoms with E-state index < -0.39 is 12.6 Å². The molecule has 11 heteroatoms. The number of aldehydes is 1. The monoisotopic (exact) mass is 701 g/mol. The molecule has 4 N–H and O–H groups in total. The average Bonchev–Trinajstić information content (AvgIpc) is 3.92. The Kier molecular flexibility index (Phi) is 24.4. The van der Waals surface area contributed by atoms with Crippen molar-refractivity contribution in [3.63, 3.8) is 0 Å². The topological polar surface area (TPSA) is 127 Å². The number of hydrogen-bond acceptors (Lipinski definition) is 7. The van der Waals surface area contributed by atoms with Gasteiger partial charge in [0.2, 0.25) is 6.41 Å². The molecule has 1 amide bonds. The minimum absolute atomic E-state index is 0.0155. The molecule has 50 heavy (non-hydrogen) atoms. The van der Waals surface area contributed by atoms with Gasteiger partial charge in [-0.05, 0) is 95.1 Å². The van der Waals surface area contributed by atoms with E-state index in [0.717, 1.165) is 73.8 Å². The summed E-state index contributed by atoms with van der Waals surface area (Å²) in [6.07, 6.45) is 15.8. The van der Waals surface area contributed by atoms with Crippen LogP contribution in [0.5, 0.6) is 0 Å². The Bertz CT molecular complexity index is 1190. The number of aromatic nitrogens is 1. The highest BCUT2D eigenvalue weighted by Gasteiger charge is 2.34. The number of hydrogen-bond donors (Lipinski definition) is 3. The van der Waals surface area contributed by atoms with E-state index in [0.29, 0.717) is 24.2 Å². The molecule has 2 aromatic rings. The van der Waals surface area contributed by atoms with Crippen LogP contribution in [-0.2, 0) is 19.1 Å². The molecule has 5 unspecified atom stereocenters. The van der Waals surface area contributed by atoms with E-state index in [4.69, 9.17) is 15.2 Å². The van der Waals surface area contributed by atoms with Crippen LogP contribution in [0.1, 0.15) is 115 Å². The van der Waals surface area contributed by atoms with Gasteiger partial charge in [-0.1, -0.05) is 66.1 Å². The molecule has 2 radical (unpaired) electrons. The number of benzene rings is 1. The highest BCUT2D eigenvalue weighted by molar-refractivity contribution is 6.05. The third-order valence-corrected chi connectivity index (χ3v) is 9.94. The number of likely N-dealkylation sites (tertiary alicyclic amines) is 1. The van der Waals surface area contributed by atoms with Gasteiger partial charge in [0.25, 0.3) is 0 Å². The van der Waals surface area contributed by atoms with Crippen molar-refractivity contribution in [2.45, 2.75) is 130 Å². The summed E-state index contributed by atoms with van der Waals surface area (Å²) in [5, 5.41) is 3.41. The van der Waals surface area contributed by atoms with Gasteiger partial charge in [0.1, 0.15) is 25.3 Å². The fraction of sp³-hybridized carbons (Fsp3) is 0.718. The second-order valence-electron chi connectivity index (χ2n) is 13.2. The van der Waals surface area contributed by atoms with Gasteiger partial charge in [-0.25, -0.2) is 9.18 Å². The highest BCUT2D eigenvalue weighted by Crippen LogP contribution is 2.37. The first-order valence-corrected chi connectivity index (χ1v) is 19.0. The minimum atomic E-state index is -0.460. The van der Waals surface area contributed by atoms with E-state index in [2.05, 4.69) is 37.0 Å². The molecule has 2 saturated heterocycles. The van der Waals surface area contributed by atoms with Gasteiger partial charge in [0.05, 0.1) is 14.0 Å². The van der Waals surface area contributed by atoms with Crippen molar-refractivity contribution < 1.29 is 28.2 Å². The predicted octanol–water partition coefficient (Wildman–Crippen LogP) is 7.89. The molecule has 1 saturated carbocycles. The van der Waals surface area contributed by atoms with E-state index in [1.54, 1.807) is 24.3 Å². The molecule has 3 fully saturated rings. The van der Waals surface area contributed by atoms with Crippen LogP contribution in [0, 0.1) is 17.8 Å². The number of fused-ring (bicyclic) bond motifs is 1. The van der Waals surface area contributed by atoms with Crippen molar-refractivity contribution in [2.24, 2.45) is 23.5 Å². The zero-order valence-electron chi connectivity index (χ0n) is 31.8. The Morgan fingerprint density at radius 3 is 2.40 bits per heavy atom.